The highest BCUT2D eigenvalue weighted by Gasteiger charge is 2.52. The van der Waals surface area contributed by atoms with Gasteiger partial charge in [-0.1, -0.05) is 73.7 Å². The van der Waals surface area contributed by atoms with Crippen molar-refractivity contribution in [1.29, 1.82) is 0 Å². The van der Waals surface area contributed by atoms with Gasteiger partial charge in [-0.2, -0.15) is 0 Å². The summed E-state index contributed by atoms with van der Waals surface area (Å²) in [5.74, 6) is -1.46. The summed E-state index contributed by atoms with van der Waals surface area (Å²) >= 11 is 0. The zero-order chi connectivity index (χ0) is 33.1. The van der Waals surface area contributed by atoms with E-state index in [0.29, 0.717) is 41.2 Å². The molecule has 0 spiro atoms. The maximum absolute atomic E-state index is 13.9. The predicted octanol–water partition coefficient (Wildman–Crippen LogP) is 4.78. The van der Waals surface area contributed by atoms with E-state index in [-0.39, 0.29) is 37.4 Å². The largest absolute Gasteiger partial charge is 0.399 e. The SMILES string of the molecule is C[C@H](/C=C/CC(=O)N1Cc2ccccc2C[C@H]1CO)[C@@]1(O)C(=O)N(Cc2ccc(NC(=O)c3ccc(N)cc3)cc2)c2ccccc21. The first-order valence-corrected chi connectivity index (χ1v) is 15.7. The van der Waals surface area contributed by atoms with Gasteiger partial charge in [0.05, 0.1) is 24.9 Å². The molecular formula is C38H38N4O5. The monoisotopic (exact) mass is 630 g/mol. The average molecular weight is 631 g/mol. The van der Waals surface area contributed by atoms with Crippen molar-refractivity contribution >= 4 is 34.8 Å². The smallest absolute Gasteiger partial charge is 0.264 e. The Bertz CT molecular complexity index is 1820. The third-order valence-corrected chi connectivity index (χ3v) is 9.16. The molecule has 0 saturated carbocycles. The molecule has 4 aromatic carbocycles. The van der Waals surface area contributed by atoms with Crippen LogP contribution in [0.4, 0.5) is 17.1 Å². The second-order valence-corrected chi connectivity index (χ2v) is 12.2. The Labute approximate surface area is 273 Å². The molecule has 0 bridgehead atoms. The number of benzene rings is 4. The Morgan fingerprint density at radius 1 is 0.979 bits per heavy atom. The van der Waals surface area contributed by atoms with Gasteiger partial charge in [0.25, 0.3) is 11.8 Å². The number of amides is 3. The summed E-state index contributed by atoms with van der Waals surface area (Å²) in [4.78, 5) is 43.1. The van der Waals surface area contributed by atoms with Gasteiger partial charge in [-0.3, -0.25) is 14.4 Å². The van der Waals surface area contributed by atoms with Crippen LogP contribution in [0.25, 0.3) is 0 Å². The molecule has 4 aromatic rings. The topological polar surface area (TPSA) is 136 Å². The van der Waals surface area contributed by atoms with Crippen LogP contribution in [0.2, 0.25) is 0 Å². The number of aliphatic hydroxyl groups excluding tert-OH is 1. The lowest BCUT2D eigenvalue weighted by Crippen LogP contribution is -2.46. The van der Waals surface area contributed by atoms with Crippen LogP contribution < -0.4 is 16.0 Å². The first-order valence-electron chi connectivity index (χ1n) is 15.7. The van der Waals surface area contributed by atoms with Gasteiger partial charge in [0, 0.05) is 41.4 Å². The standard InChI is InChI=1S/C38H38N4O5/c1-25(7-6-12-35(44)41-23-29-9-3-2-8-28(29)21-32(41)24-43)38(47)33-10-4-5-11-34(33)42(37(38)46)22-26-13-19-31(20-14-26)40-36(45)27-15-17-30(39)18-16-27/h2-11,13-20,25,32,43,47H,12,21-24,39H2,1H3,(H,40,45)/b7-6+/t25-,32+,38+/m1/s1. The Hall–Kier alpha value is -5.25. The Balaban J connectivity index is 1.13. The van der Waals surface area contributed by atoms with E-state index in [0.717, 1.165) is 16.7 Å². The molecule has 0 aliphatic carbocycles. The predicted molar refractivity (Wildman–Crippen MR) is 181 cm³/mol. The molecule has 2 aliphatic heterocycles. The van der Waals surface area contributed by atoms with Gasteiger partial charge in [0.15, 0.2) is 5.60 Å². The summed E-state index contributed by atoms with van der Waals surface area (Å²) in [5, 5.41) is 24.8. The molecule has 6 rings (SSSR count). The van der Waals surface area contributed by atoms with E-state index in [2.05, 4.69) is 5.32 Å². The minimum atomic E-state index is -1.82. The molecule has 3 atom stereocenters. The lowest BCUT2D eigenvalue weighted by atomic mass is 9.83. The maximum Gasteiger partial charge on any atom is 0.264 e. The van der Waals surface area contributed by atoms with Gasteiger partial charge >= 0.3 is 0 Å². The van der Waals surface area contributed by atoms with Crippen molar-refractivity contribution in [3.8, 4) is 0 Å². The molecule has 0 unspecified atom stereocenters. The van der Waals surface area contributed by atoms with Gasteiger partial charge in [-0.15, -0.1) is 0 Å². The summed E-state index contributed by atoms with van der Waals surface area (Å²) in [6.07, 6.45) is 4.11. The number of nitrogens with zero attached hydrogens (tertiary/aromatic N) is 2. The van der Waals surface area contributed by atoms with Crippen LogP contribution in [0.3, 0.4) is 0 Å². The Morgan fingerprint density at radius 2 is 1.66 bits per heavy atom. The highest BCUT2D eigenvalue weighted by molar-refractivity contribution is 6.07. The average Bonchev–Trinajstić information content (AvgIpc) is 3.31. The van der Waals surface area contributed by atoms with Gasteiger partial charge in [0.1, 0.15) is 0 Å². The van der Waals surface area contributed by atoms with E-state index in [1.807, 2.05) is 48.5 Å². The minimum Gasteiger partial charge on any atom is -0.399 e. The molecule has 2 aliphatic rings. The number of carbonyl (C=O) groups excluding carboxylic acids is 3. The van der Waals surface area contributed by atoms with E-state index < -0.39 is 17.4 Å². The van der Waals surface area contributed by atoms with E-state index in [4.69, 9.17) is 5.73 Å². The van der Waals surface area contributed by atoms with Gasteiger partial charge < -0.3 is 31.1 Å². The summed E-state index contributed by atoms with van der Waals surface area (Å²) in [6, 6.07) is 28.7. The maximum atomic E-state index is 13.9. The third-order valence-electron chi connectivity index (χ3n) is 9.16. The summed E-state index contributed by atoms with van der Waals surface area (Å²) < 4.78 is 0. The number of nitrogen functional groups attached to an aromatic ring is 1. The van der Waals surface area contributed by atoms with Crippen molar-refractivity contribution in [2.45, 2.75) is 44.5 Å². The van der Waals surface area contributed by atoms with Crippen molar-refractivity contribution in [1.82, 2.24) is 4.90 Å². The Morgan fingerprint density at radius 3 is 2.38 bits per heavy atom. The molecule has 0 radical (unpaired) electrons. The first kappa shape index (κ1) is 31.7. The van der Waals surface area contributed by atoms with Crippen molar-refractivity contribution in [2.75, 3.05) is 22.6 Å². The third kappa shape index (κ3) is 6.27. The molecule has 47 heavy (non-hydrogen) atoms. The number of carbonyl (C=O) groups is 3. The highest BCUT2D eigenvalue weighted by Crippen LogP contribution is 2.45. The number of para-hydroxylation sites is 1. The van der Waals surface area contributed by atoms with Gasteiger partial charge in [-0.25, -0.2) is 0 Å². The minimum absolute atomic E-state index is 0.0832. The fourth-order valence-electron chi connectivity index (χ4n) is 6.44. The molecule has 2 heterocycles. The number of anilines is 3. The van der Waals surface area contributed by atoms with Crippen molar-refractivity contribution < 1.29 is 24.6 Å². The first-order chi connectivity index (χ1) is 22.7. The quantitative estimate of drug-likeness (QED) is 0.155. The number of nitrogens with one attached hydrogen (secondary N) is 1. The fourth-order valence-corrected chi connectivity index (χ4v) is 6.44. The second-order valence-electron chi connectivity index (χ2n) is 12.2. The van der Waals surface area contributed by atoms with E-state index in [1.54, 1.807) is 77.4 Å². The second kappa shape index (κ2) is 13.2. The highest BCUT2D eigenvalue weighted by atomic mass is 16.3. The van der Waals surface area contributed by atoms with E-state index >= 15 is 0 Å². The molecule has 3 amide bonds. The van der Waals surface area contributed by atoms with Crippen LogP contribution in [0.15, 0.2) is 109 Å². The number of rotatable bonds is 9. The molecular weight excluding hydrogens is 592 g/mol. The van der Waals surface area contributed by atoms with Gasteiger partial charge in [-0.05, 0) is 65.6 Å². The molecule has 5 N–H and O–H groups in total. The van der Waals surface area contributed by atoms with Crippen LogP contribution >= 0.6 is 0 Å². The van der Waals surface area contributed by atoms with Gasteiger partial charge in [0.2, 0.25) is 5.91 Å². The summed E-state index contributed by atoms with van der Waals surface area (Å²) in [5.41, 5.74) is 9.72. The van der Waals surface area contributed by atoms with Crippen LogP contribution in [0.1, 0.15) is 46.0 Å². The van der Waals surface area contributed by atoms with Crippen molar-refractivity contribution in [3.63, 3.8) is 0 Å². The lowest BCUT2D eigenvalue weighted by molar-refractivity contribution is -0.139. The van der Waals surface area contributed by atoms with Crippen LogP contribution in [-0.4, -0.2) is 45.5 Å². The zero-order valence-electron chi connectivity index (χ0n) is 26.2. The van der Waals surface area contributed by atoms with Crippen LogP contribution in [0.5, 0.6) is 0 Å². The normalized spacial score (nSPS) is 19.4. The van der Waals surface area contributed by atoms with Crippen molar-refractivity contribution in [2.24, 2.45) is 5.92 Å². The zero-order valence-corrected chi connectivity index (χ0v) is 26.2. The molecule has 0 saturated heterocycles. The number of hydrogen-bond acceptors (Lipinski definition) is 6. The van der Waals surface area contributed by atoms with Crippen LogP contribution in [-0.2, 0) is 34.7 Å². The molecule has 9 nitrogen and oxygen atoms in total. The van der Waals surface area contributed by atoms with Crippen LogP contribution in [0, 0.1) is 5.92 Å². The van der Waals surface area contributed by atoms with Crippen molar-refractivity contribution in [3.05, 3.63) is 137 Å². The summed E-state index contributed by atoms with van der Waals surface area (Å²) in [6.45, 7) is 2.30. The molecule has 240 valence electrons. The number of hydrogen-bond donors (Lipinski definition) is 4. The fraction of sp³-hybridized carbons (Fsp3) is 0.237. The number of aliphatic hydroxyl groups is 2. The molecule has 0 aromatic heterocycles. The molecule has 0 fully saturated rings. The van der Waals surface area contributed by atoms with E-state index in [9.17, 15) is 24.6 Å². The lowest BCUT2D eigenvalue weighted by Gasteiger charge is -2.36. The number of nitrogens with two attached hydrogens (primary N) is 1. The number of fused-ring (bicyclic) bond motifs is 2. The Kier molecular flexibility index (Phi) is 8.93. The molecule has 9 heteroatoms. The van der Waals surface area contributed by atoms with E-state index in [1.165, 1.54) is 0 Å². The summed E-state index contributed by atoms with van der Waals surface area (Å²) in [7, 11) is 0.